The van der Waals surface area contributed by atoms with E-state index in [2.05, 4.69) is 4.90 Å². The zero-order chi connectivity index (χ0) is 12.7. The van der Waals surface area contributed by atoms with Crippen molar-refractivity contribution in [3.05, 3.63) is 35.4 Å². The van der Waals surface area contributed by atoms with Crippen molar-refractivity contribution >= 4 is 0 Å². The maximum Gasteiger partial charge on any atom is 0.130 e. The van der Waals surface area contributed by atoms with Crippen LogP contribution in [0.25, 0.3) is 0 Å². The highest BCUT2D eigenvalue weighted by atomic mass is 19.1. The summed E-state index contributed by atoms with van der Waals surface area (Å²) in [6.07, 6.45) is 4.11. The summed E-state index contributed by atoms with van der Waals surface area (Å²) in [4.78, 5) is 2.24. The van der Waals surface area contributed by atoms with Gasteiger partial charge in [0, 0.05) is 30.2 Å². The molecule has 1 aromatic carbocycles. The maximum absolute atomic E-state index is 13.7. The second-order valence-corrected chi connectivity index (χ2v) is 5.49. The first-order valence-electron chi connectivity index (χ1n) is 6.59. The molecule has 2 nitrogen and oxygen atoms in total. The molecule has 18 heavy (non-hydrogen) atoms. The average molecular weight is 252 g/mol. The van der Waals surface area contributed by atoms with Crippen LogP contribution in [0.15, 0.2) is 18.2 Å². The molecule has 0 saturated carbocycles. The second-order valence-electron chi connectivity index (χ2n) is 5.49. The average Bonchev–Trinajstić information content (AvgIpc) is 2.56. The molecule has 2 fully saturated rings. The lowest BCUT2D eigenvalue weighted by Gasteiger charge is -2.37. The lowest BCUT2D eigenvalue weighted by Crippen LogP contribution is -2.47. The van der Waals surface area contributed by atoms with Crippen molar-refractivity contribution in [3.8, 4) is 0 Å². The second kappa shape index (κ2) is 4.59. The van der Waals surface area contributed by atoms with Crippen LogP contribution in [0.4, 0.5) is 8.78 Å². The van der Waals surface area contributed by atoms with E-state index in [1.165, 1.54) is 18.2 Å². The van der Waals surface area contributed by atoms with Gasteiger partial charge in [-0.15, -0.1) is 0 Å². The fourth-order valence-corrected chi connectivity index (χ4v) is 3.44. The van der Waals surface area contributed by atoms with Crippen molar-refractivity contribution in [3.63, 3.8) is 0 Å². The van der Waals surface area contributed by atoms with Crippen molar-refractivity contribution in [1.82, 2.24) is 4.90 Å². The van der Waals surface area contributed by atoms with E-state index in [0.717, 1.165) is 25.7 Å². The molecule has 2 bridgehead atoms. The van der Waals surface area contributed by atoms with Crippen LogP contribution in [-0.4, -0.2) is 23.0 Å². The summed E-state index contributed by atoms with van der Waals surface area (Å²) in [7, 11) is 0. The van der Waals surface area contributed by atoms with E-state index >= 15 is 0 Å². The van der Waals surface area contributed by atoms with E-state index in [1.54, 1.807) is 0 Å². The number of halogens is 2. The van der Waals surface area contributed by atoms with Crippen LogP contribution >= 0.6 is 0 Å². The molecule has 98 valence electrons. The van der Waals surface area contributed by atoms with Gasteiger partial charge in [-0.25, -0.2) is 8.78 Å². The zero-order valence-corrected chi connectivity index (χ0v) is 10.3. The first kappa shape index (κ1) is 12.1. The van der Waals surface area contributed by atoms with E-state index in [9.17, 15) is 8.78 Å². The standard InChI is InChI=1S/C14H18F2N2/c15-13-2-1-3-14(16)12(13)8-18-10-4-5-11(18)7-9(17)6-10/h1-3,9-11H,4-8,17H2. The Morgan fingerprint density at radius 2 is 1.67 bits per heavy atom. The Bertz CT molecular complexity index is 415. The third kappa shape index (κ3) is 2.04. The Morgan fingerprint density at radius 1 is 1.11 bits per heavy atom. The summed E-state index contributed by atoms with van der Waals surface area (Å²) in [5, 5.41) is 0. The van der Waals surface area contributed by atoms with Gasteiger partial charge in [-0.3, -0.25) is 4.90 Å². The number of benzene rings is 1. The van der Waals surface area contributed by atoms with Crippen molar-refractivity contribution in [2.45, 2.75) is 50.4 Å². The van der Waals surface area contributed by atoms with Crippen LogP contribution in [-0.2, 0) is 6.54 Å². The van der Waals surface area contributed by atoms with Crippen molar-refractivity contribution in [2.75, 3.05) is 0 Å². The third-order valence-electron chi connectivity index (χ3n) is 4.32. The topological polar surface area (TPSA) is 29.3 Å². The summed E-state index contributed by atoms with van der Waals surface area (Å²) in [6, 6.07) is 5.13. The highest BCUT2D eigenvalue weighted by Gasteiger charge is 2.39. The molecule has 0 amide bonds. The molecule has 4 heteroatoms. The third-order valence-corrected chi connectivity index (χ3v) is 4.32. The molecule has 2 N–H and O–H groups in total. The number of rotatable bonds is 2. The molecule has 3 rings (SSSR count). The number of fused-ring (bicyclic) bond motifs is 2. The van der Waals surface area contributed by atoms with Crippen LogP contribution in [0, 0.1) is 11.6 Å². The molecule has 0 spiro atoms. The fraction of sp³-hybridized carbons (Fsp3) is 0.571. The van der Waals surface area contributed by atoms with E-state index in [1.807, 2.05) is 0 Å². The van der Waals surface area contributed by atoms with Gasteiger partial charge in [0.15, 0.2) is 0 Å². The van der Waals surface area contributed by atoms with Gasteiger partial charge in [0.2, 0.25) is 0 Å². The van der Waals surface area contributed by atoms with Crippen LogP contribution in [0.5, 0.6) is 0 Å². The monoisotopic (exact) mass is 252 g/mol. The highest BCUT2D eigenvalue weighted by Crippen LogP contribution is 2.36. The van der Waals surface area contributed by atoms with Crippen LogP contribution in [0.1, 0.15) is 31.2 Å². The summed E-state index contributed by atoms with van der Waals surface area (Å²) < 4.78 is 27.3. The molecule has 2 heterocycles. The van der Waals surface area contributed by atoms with E-state index in [4.69, 9.17) is 5.73 Å². The number of hydrogen-bond acceptors (Lipinski definition) is 2. The lowest BCUT2D eigenvalue weighted by molar-refractivity contribution is 0.117. The van der Waals surface area contributed by atoms with Gasteiger partial charge in [0.05, 0.1) is 0 Å². The maximum atomic E-state index is 13.7. The predicted molar refractivity (Wildman–Crippen MR) is 65.9 cm³/mol. The summed E-state index contributed by atoms with van der Waals surface area (Å²) in [5.74, 6) is -0.881. The summed E-state index contributed by atoms with van der Waals surface area (Å²) in [6.45, 7) is 0.376. The minimum atomic E-state index is -0.440. The Hall–Kier alpha value is -1.00. The Kier molecular flexibility index (Phi) is 3.08. The van der Waals surface area contributed by atoms with Gasteiger partial charge in [-0.2, -0.15) is 0 Å². The van der Waals surface area contributed by atoms with E-state index < -0.39 is 11.6 Å². The molecular weight excluding hydrogens is 234 g/mol. The Morgan fingerprint density at radius 3 is 2.22 bits per heavy atom. The Labute approximate surface area is 106 Å². The first-order chi connectivity index (χ1) is 8.65. The highest BCUT2D eigenvalue weighted by molar-refractivity contribution is 5.20. The van der Waals surface area contributed by atoms with Gasteiger partial charge in [-0.1, -0.05) is 6.07 Å². The summed E-state index contributed by atoms with van der Waals surface area (Å²) in [5.41, 5.74) is 6.20. The number of piperidine rings is 1. The molecule has 2 aliphatic rings. The van der Waals surface area contributed by atoms with Crippen molar-refractivity contribution in [1.29, 1.82) is 0 Å². The quantitative estimate of drug-likeness (QED) is 0.876. The molecule has 2 saturated heterocycles. The molecule has 0 aromatic heterocycles. The van der Waals surface area contributed by atoms with E-state index in [-0.39, 0.29) is 11.6 Å². The SMILES string of the molecule is NC1CC2CCC(C1)N2Cc1c(F)cccc1F. The van der Waals surface area contributed by atoms with Gasteiger partial charge in [0.25, 0.3) is 0 Å². The minimum Gasteiger partial charge on any atom is -0.328 e. The zero-order valence-electron chi connectivity index (χ0n) is 10.3. The van der Waals surface area contributed by atoms with Crippen molar-refractivity contribution in [2.24, 2.45) is 5.73 Å². The van der Waals surface area contributed by atoms with Crippen molar-refractivity contribution < 1.29 is 8.78 Å². The van der Waals surface area contributed by atoms with E-state index in [0.29, 0.717) is 18.6 Å². The molecule has 1 aromatic rings. The molecule has 0 aliphatic carbocycles. The largest absolute Gasteiger partial charge is 0.328 e. The molecule has 2 atom stereocenters. The number of hydrogen-bond donors (Lipinski definition) is 1. The minimum absolute atomic E-state index is 0.199. The number of nitrogens with zero attached hydrogens (tertiary/aromatic N) is 1. The molecule has 2 unspecified atom stereocenters. The van der Waals surface area contributed by atoms with Crippen LogP contribution < -0.4 is 5.73 Å². The normalized spacial score (nSPS) is 31.8. The molecule has 2 aliphatic heterocycles. The van der Waals surface area contributed by atoms with Gasteiger partial charge in [0.1, 0.15) is 11.6 Å². The summed E-state index contributed by atoms with van der Waals surface area (Å²) >= 11 is 0. The predicted octanol–water partition coefficient (Wildman–Crippen LogP) is 2.42. The van der Waals surface area contributed by atoms with Gasteiger partial charge >= 0.3 is 0 Å². The van der Waals surface area contributed by atoms with Gasteiger partial charge in [-0.05, 0) is 37.8 Å². The Balaban J connectivity index is 1.81. The fourth-order valence-electron chi connectivity index (χ4n) is 3.44. The smallest absolute Gasteiger partial charge is 0.130 e. The van der Waals surface area contributed by atoms with Crippen LogP contribution in [0.3, 0.4) is 0 Å². The van der Waals surface area contributed by atoms with Crippen LogP contribution in [0.2, 0.25) is 0 Å². The van der Waals surface area contributed by atoms with Gasteiger partial charge < -0.3 is 5.73 Å². The lowest BCUT2D eigenvalue weighted by atomic mass is 9.97. The molecular formula is C14H18F2N2. The first-order valence-corrected chi connectivity index (χ1v) is 6.59. The number of nitrogens with two attached hydrogens (primary N) is 1. The molecule has 0 radical (unpaired) electrons.